The number of nitrogens with zero attached hydrogens (tertiary/aromatic N) is 1. The van der Waals surface area contributed by atoms with Crippen molar-refractivity contribution in [3.63, 3.8) is 0 Å². The summed E-state index contributed by atoms with van der Waals surface area (Å²) in [5, 5.41) is 7.42. The molecule has 1 fully saturated rings. The molecule has 0 bridgehead atoms. The number of rotatable bonds is 4. The molecule has 2 aromatic carbocycles. The summed E-state index contributed by atoms with van der Waals surface area (Å²) in [6.45, 7) is 3.80. The third-order valence-electron chi connectivity index (χ3n) is 5.18. The fourth-order valence-electron chi connectivity index (χ4n) is 3.82. The highest BCUT2D eigenvalue weighted by Gasteiger charge is 2.33. The van der Waals surface area contributed by atoms with Crippen molar-refractivity contribution in [1.29, 1.82) is 0 Å². The second-order valence-corrected chi connectivity index (χ2v) is 6.74. The average Bonchev–Trinajstić information content (AvgIpc) is 3.29. The standard InChI is InChI=1S/C21H22FN3O/c1-2-25-12-10-15-13-17(7-8-19(15)25)24-21(26)20-18(9-11-23-20)14-3-5-16(22)6-4-14/h3-8,10,12-13,18,20,23H,2,9,11H2,1H3,(H,24,26)/t18-,20+/m1/s1. The van der Waals surface area contributed by atoms with E-state index in [1.54, 1.807) is 12.1 Å². The molecular formula is C21H22FN3O. The van der Waals surface area contributed by atoms with Gasteiger partial charge in [0.1, 0.15) is 5.82 Å². The zero-order valence-corrected chi connectivity index (χ0v) is 14.7. The van der Waals surface area contributed by atoms with E-state index in [0.29, 0.717) is 0 Å². The maximum atomic E-state index is 13.2. The van der Waals surface area contributed by atoms with Gasteiger partial charge < -0.3 is 15.2 Å². The molecule has 0 spiro atoms. The number of carbonyl (C=O) groups is 1. The summed E-state index contributed by atoms with van der Waals surface area (Å²) in [4.78, 5) is 12.8. The maximum Gasteiger partial charge on any atom is 0.242 e. The monoisotopic (exact) mass is 351 g/mol. The van der Waals surface area contributed by atoms with Gasteiger partial charge in [-0.15, -0.1) is 0 Å². The van der Waals surface area contributed by atoms with E-state index in [9.17, 15) is 9.18 Å². The minimum Gasteiger partial charge on any atom is -0.348 e. The number of hydrogen-bond donors (Lipinski definition) is 2. The zero-order chi connectivity index (χ0) is 18.1. The first-order chi connectivity index (χ1) is 12.7. The summed E-state index contributed by atoms with van der Waals surface area (Å²) in [5.41, 5.74) is 2.95. The highest BCUT2D eigenvalue weighted by atomic mass is 19.1. The van der Waals surface area contributed by atoms with Crippen LogP contribution in [-0.2, 0) is 11.3 Å². The fourth-order valence-corrected chi connectivity index (χ4v) is 3.82. The Balaban J connectivity index is 1.52. The van der Waals surface area contributed by atoms with E-state index in [0.717, 1.165) is 41.7 Å². The lowest BCUT2D eigenvalue weighted by Gasteiger charge is -2.19. The largest absolute Gasteiger partial charge is 0.348 e. The molecule has 1 amide bonds. The first-order valence-electron chi connectivity index (χ1n) is 9.04. The van der Waals surface area contributed by atoms with Crippen molar-refractivity contribution in [3.8, 4) is 0 Å². The Morgan fingerprint density at radius 1 is 1.23 bits per heavy atom. The van der Waals surface area contributed by atoms with Gasteiger partial charge in [0.25, 0.3) is 0 Å². The molecule has 4 nitrogen and oxygen atoms in total. The number of benzene rings is 2. The van der Waals surface area contributed by atoms with Crippen molar-refractivity contribution >= 4 is 22.5 Å². The number of anilines is 1. The van der Waals surface area contributed by atoms with Gasteiger partial charge in [0.05, 0.1) is 6.04 Å². The van der Waals surface area contributed by atoms with Crippen LogP contribution in [0, 0.1) is 5.82 Å². The van der Waals surface area contributed by atoms with Crippen LogP contribution in [0.25, 0.3) is 10.9 Å². The molecule has 0 saturated carbocycles. The van der Waals surface area contributed by atoms with Gasteiger partial charge in [-0.2, -0.15) is 0 Å². The minimum atomic E-state index is -0.309. The smallest absolute Gasteiger partial charge is 0.242 e. The highest BCUT2D eigenvalue weighted by molar-refractivity contribution is 5.97. The molecule has 1 aromatic heterocycles. The van der Waals surface area contributed by atoms with Crippen LogP contribution in [0.4, 0.5) is 10.1 Å². The minimum absolute atomic E-state index is 0.0499. The van der Waals surface area contributed by atoms with E-state index in [4.69, 9.17) is 0 Å². The molecule has 134 valence electrons. The SMILES string of the molecule is CCn1ccc2cc(NC(=O)[C@H]3NCC[C@@H]3c3ccc(F)cc3)ccc21. The van der Waals surface area contributed by atoms with Crippen LogP contribution in [0.15, 0.2) is 54.7 Å². The quantitative estimate of drug-likeness (QED) is 0.749. The Morgan fingerprint density at radius 2 is 2.04 bits per heavy atom. The van der Waals surface area contributed by atoms with Gasteiger partial charge >= 0.3 is 0 Å². The molecule has 4 rings (SSSR count). The first-order valence-corrected chi connectivity index (χ1v) is 9.04. The Kier molecular flexibility index (Phi) is 4.47. The Bertz CT molecular complexity index is 932. The van der Waals surface area contributed by atoms with E-state index in [-0.39, 0.29) is 23.7 Å². The number of aromatic nitrogens is 1. The Labute approximate surface area is 152 Å². The van der Waals surface area contributed by atoms with Gasteiger partial charge in [-0.3, -0.25) is 4.79 Å². The molecule has 0 unspecified atom stereocenters. The number of amides is 1. The zero-order valence-electron chi connectivity index (χ0n) is 14.7. The van der Waals surface area contributed by atoms with Gasteiger partial charge in [-0.1, -0.05) is 12.1 Å². The highest BCUT2D eigenvalue weighted by Crippen LogP contribution is 2.29. The molecule has 26 heavy (non-hydrogen) atoms. The van der Waals surface area contributed by atoms with E-state index in [2.05, 4.69) is 34.4 Å². The predicted octanol–water partition coefficient (Wildman–Crippen LogP) is 3.88. The van der Waals surface area contributed by atoms with Crippen LogP contribution in [0.5, 0.6) is 0 Å². The molecule has 2 N–H and O–H groups in total. The van der Waals surface area contributed by atoms with Crippen molar-refractivity contribution < 1.29 is 9.18 Å². The van der Waals surface area contributed by atoms with E-state index < -0.39 is 0 Å². The van der Waals surface area contributed by atoms with Gasteiger partial charge in [0, 0.05) is 35.2 Å². The molecule has 3 aromatic rings. The van der Waals surface area contributed by atoms with Crippen LogP contribution < -0.4 is 10.6 Å². The fraction of sp³-hybridized carbons (Fsp3) is 0.286. The average molecular weight is 351 g/mol. The van der Waals surface area contributed by atoms with Crippen molar-refractivity contribution in [1.82, 2.24) is 9.88 Å². The van der Waals surface area contributed by atoms with Crippen LogP contribution in [0.3, 0.4) is 0 Å². The molecule has 0 radical (unpaired) electrons. The molecule has 2 atom stereocenters. The van der Waals surface area contributed by atoms with Crippen LogP contribution in [0.2, 0.25) is 0 Å². The predicted molar refractivity (Wildman–Crippen MR) is 102 cm³/mol. The summed E-state index contributed by atoms with van der Waals surface area (Å²) >= 11 is 0. The number of hydrogen-bond acceptors (Lipinski definition) is 2. The summed E-state index contributed by atoms with van der Waals surface area (Å²) in [5.74, 6) is -0.250. The first kappa shape index (κ1) is 16.8. The third kappa shape index (κ3) is 3.10. The molecule has 1 aliphatic rings. The summed E-state index contributed by atoms with van der Waals surface area (Å²) < 4.78 is 15.3. The number of nitrogens with one attached hydrogen (secondary N) is 2. The van der Waals surface area contributed by atoms with Crippen LogP contribution >= 0.6 is 0 Å². The normalized spacial score (nSPS) is 19.8. The molecular weight excluding hydrogens is 329 g/mol. The lowest BCUT2D eigenvalue weighted by Crippen LogP contribution is -2.39. The number of halogens is 1. The molecule has 2 heterocycles. The second kappa shape index (κ2) is 6.92. The summed E-state index contributed by atoms with van der Waals surface area (Å²) in [6.07, 6.45) is 2.92. The Hall–Kier alpha value is -2.66. The topological polar surface area (TPSA) is 46.1 Å². The Morgan fingerprint density at radius 3 is 2.81 bits per heavy atom. The third-order valence-corrected chi connectivity index (χ3v) is 5.18. The van der Waals surface area contributed by atoms with E-state index in [1.165, 1.54) is 12.1 Å². The van der Waals surface area contributed by atoms with Gasteiger partial charge in [-0.25, -0.2) is 4.39 Å². The number of carbonyl (C=O) groups excluding carboxylic acids is 1. The lowest BCUT2D eigenvalue weighted by molar-refractivity contribution is -0.118. The van der Waals surface area contributed by atoms with E-state index in [1.807, 2.05) is 18.2 Å². The van der Waals surface area contributed by atoms with E-state index >= 15 is 0 Å². The number of aryl methyl sites for hydroxylation is 1. The maximum absolute atomic E-state index is 13.2. The summed E-state index contributed by atoms with van der Waals surface area (Å²) in [7, 11) is 0. The number of fused-ring (bicyclic) bond motifs is 1. The van der Waals surface area contributed by atoms with Crippen LogP contribution in [0.1, 0.15) is 24.8 Å². The van der Waals surface area contributed by atoms with Crippen molar-refractivity contribution in [2.24, 2.45) is 0 Å². The van der Waals surface area contributed by atoms with Crippen molar-refractivity contribution in [3.05, 3.63) is 66.1 Å². The van der Waals surface area contributed by atoms with Crippen molar-refractivity contribution in [2.75, 3.05) is 11.9 Å². The van der Waals surface area contributed by atoms with Crippen molar-refractivity contribution in [2.45, 2.75) is 31.8 Å². The lowest BCUT2D eigenvalue weighted by atomic mass is 9.91. The van der Waals surface area contributed by atoms with Gasteiger partial charge in [-0.05, 0) is 61.9 Å². The van der Waals surface area contributed by atoms with Gasteiger partial charge in [0.15, 0.2) is 0 Å². The molecule has 0 aliphatic carbocycles. The molecule has 1 saturated heterocycles. The summed E-state index contributed by atoms with van der Waals surface area (Å²) in [6, 6.07) is 14.2. The molecule has 5 heteroatoms. The molecule has 1 aliphatic heterocycles. The second-order valence-electron chi connectivity index (χ2n) is 6.74. The van der Waals surface area contributed by atoms with Crippen LogP contribution in [-0.4, -0.2) is 23.1 Å². The van der Waals surface area contributed by atoms with Gasteiger partial charge in [0.2, 0.25) is 5.91 Å².